The number of nitrogens with zero attached hydrogens (tertiary/aromatic N) is 3. The number of hydrogen-bond donors (Lipinski definition) is 4. The monoisotopic (exact) mass is 569 g/mol. The largest absolute Gasteiger partial charge is 0.364 e. The van der Waals surface area contributed by atoms with Crippen LogP contribution in [0.4, 0.5) is 17.3 Å². The van der Waals surface area contributed by atoms with Crippen LogP contribution < -0.4 is 26.6 Å². The van der Waals surface area contributed by atoms with E-state index in [0.29, 0.717) is 23.5 Å². The second-order valence-electron chi connectivity index (χ2n) is 11.5. The van der Waals surface area contributed by atoms with E-state index in [1.165, 1.54) is 31.2 Å². The number of amides is 2. The predicted molar refractivity (Wildman–Crippen MR) is 153 cm³/mol. The van der Waals surface area contributed by atoms with E-state index in [1.807, 2.05) is 0 Å². The minimum Gasteiger partial charge on any atom is -0.364 e. The summed E-state index contributed by atoms with van der Waals surface area (Å²) < 4.78 is 23.6. The summed E-state index contributed by atoms with van der Waals surface area (Å²) in [5.41, 5.74) is 6.51. The van der Waals surface area contributed by atoms with E-state index in [1.54, 1.807) is 12.1 Å². The van der Waals surface area contributed by atoms with Crippen LogP contribution in [0.1, 0.15) is 61.9 Å². The zero-order chi connectivity index (χ0) is 28.3. The second kappa shape index (κ2) is 11.7. The maximum Gasteiger partial charge on any atom is 0.271 e. The summed E-state index contributed by atoms with van der Waals surface area (Å²) >= 11 is 0. The van der Waals surface area contributed by atoms with Gasteiger partial charge in [-0.25, -0.2) is 18.4 Å². The highest BCUT2D eigenvalue weighted by Crippen LogP contribution is 2.45. The normalized spacial score (nSPS) is 21.6. The van der Waals surface area contributed by atoms with Crippen molar-refractivity contribution in [2.75, 3.05) is 42.7 Å². The highest BCUT2D eigenvalue weighted by Gasteiger charge is 2.38. The smallest absolute Gasteiger partial charge is 0.271 e. The summed E-state index contributed by atoms with van der Waals surface area (Å²) in [6, 6.07) is 6.17. The zero-order valence-corrected chi connectivity index (χ0v) is 23.8. The van der Waals surface area contributed by atoms with Crippen molar-refractivity contribution < 1.29 is 18.0 Å². The first-order valence-electron chi connectivity index (χ1n) is 14.1. The lowest BCUT2D eigenvalue weighted by molar-refractivity contribution is -0.127. The Kier molecular flexibility index (Phi) is 8.27. The minimum absolute atomic E-state index is 0.00794. The number of primary amides is 1. The third kappa shape index (κ3) is 6.55. The Morgan fingerprint density at radius 3 is 2.42 bits per heavy atom. The number of anilines is 3. The van der Waals surface area contributed by atoms with Crippen LogP contribution in [-0.2, 0) is 14.6 Å². The number of nitrogens with two attached hydrogens (primary N) is 1. The summed E-state index contributed by atoms with van der Waals surface area (Å²) in [4.78, 5) is 36.4. The van der Waals surface area contributed by atoms with Gasteiger partial charge in [0.1, 0.15) is 5.82 Å². The van der Waals surface area contributed by atoms with Crippen LogP contribution in [0.25, 0.3) is 0 Å². The average Bonchev–Trinajstić information content (AvgIpc) is 2.94. The third-order valence-corrected chi connectivity index (χ3v) is 9.84. The van der Waals surface area contributed by atoms with Gasteiger partial charge in [-0.2, -0.15) is 0 Å². The Balaban J connectivity index is 1.23. The zero-order valence-electron chi connectivity index (χ0n) is 23.0. The summed E-state index contributed by atoms with van der Waals surface area (Å²) in [6.45, 7) is 3.52. The average molecular weight is 570 g/mol. The van der Waals surface area contributed by atoms with Crippen LogP contribution >= 0.6 is 0 Å². The quantitative estimate of drug-likeness (QED) is 0.393. The van der Waals surface area contributed by atoms with Crippen LogP contribution in [0.5, 0.6) is 0 Å². The van der Waals surface area contributed by atoms with Crippen molar-refractivity contribution in [1.82, 2.24) is 20.6 Å². The molecule has 3 fully saturated rings. The highest BCUT2D eigenvalue weighted by molar-refractivity contribution is 7.90. The maximum atomic E-state index is 13.2. The lowest BCUT2D eigenvalue weighted by atomic mass is 9.65. The summed E-state index contributed by atoms with van der Waals surface area (Å²) in [7, 11) is -3.33. The highest BCUT2D eigenvalue weighted by atomic mass is 32.2. The van der Waals surface area contributed by atoms with Crippen LogP contribution in [0.3, 0.4) is 0 Å². The van der Waals surface area contributed by atoms with Gasteiger partial charge in [-0.1, -0.05) is 0 Å². The third-order valence-electron chi connectivity index (χ3n) is 8.71. The molecule has 2 aromatic rings. The van der Waals surface area contributed by atoms with Crippen LogP contribution in [0.15, 0.2) is 35.4 Å². The van der Waals surface area contributed by atoms with Gasteiger partial charge in [0.05, 0.1) is 11.1 Å². The minimum atomic E-state index is -3.33. The Morgan fingerprint density at radius 1 is 1.07 bits per heavy atom. The van der Waals surface area contributed by atoms with Crippen LogP contribution in [0.2, 0.25) is 0 Å². The van der Waals surface area contributed by atoms with Gasteiger partial charge in [-0.3, -0.25) is 9.59 Å². The fraction of sp³-hybridized carbons (Fsp3) is 0.571. The number of rotatable bonds is 7. The van der Waals surface area contributed by atoms with Crippen molar-refractivity contribution in [2.45, 2.75) is 62.3 Å². The Hall–Kier alpha value is -3.25. The molecular formula is C28H39N7O4S. The fourth-order valence-electron chi connectivity index (χ4n) is 6.29. The Bertz CT molecular complexity index is 1330. The maximum absolute atomic E-state index is 13.2. The Morgan fingerprint density at radius 2 is 1.77 bits per heavy atom. The summed E-state index contributed by atoms with van der Waals surface area (Å²) in [6.07, 6.45) is 11.1. The molecule has 1 aromatic heterocycles. The molecule has 2 saturated heterocycles. The summed E-state index contributed by atoms with van der Waals surface area (Å²) in [5, 5.41) is 9.81. The molecule has 1 atom stereocenters. The van der Waals surface area contributed by atoms with E-state index in [-0.39, 0.29) is 34.3 Å². The van der Waals surface area contributed by atoms with Crippen molar-refractivity contribution >= 4 is 39.0 Å². The number of aromatic nitrogens is 2. The van der Waals surface area contributed by atoms with Crippen molar-refractivity contribution in [2.24, 2.45) is 17.1 Å². The van der Waals surface area contributed by atoms with Gasteiger partial charge in [0.25, 0.3) is 5.91 Å². The van der Waals surface area contributed by atoms with Crippen molar-refractivity contribution in [3.63, 3.8) is 0 Å². The van der Waals surface area contributed by atoms with Crippen LogP contribution in [0, 0.1) is 11.3 Å². The Labute approximate surface area is 235 Å². The lowest BCUT2D eigenvalue weighted by Crippen LogP contribution is -2.50. The van der Waals surface area contributed by atoms with Crippen LogP contribution in [-0.4, -0.2) is 68.7 Å². The molecule has 2 aliphatic heterocycles. The van der Waals surface area contributed by atoms with Gasteiger partial charge < -0.3 is 26.6 Å². The molecule has 0 radical (unpaired) electrons. The van der Waals surface area contributed by atoms with Gasteiger partial charge in [-0.15, -0.1) is 0 Å². The van der Waals surface area contributed by atoms with Gasteiger partial charge >= 0.3 is 0 Å². The predicted octanol–water partition coefficient (Wildman–Crippen LogP) is 2.37. The van der Waals surface area contributed by atoms with Crippen molar-refractivity contribution in [3.05, 3.63) is 36.2 Å². The number of benzene rings is 1. The molecule has 2 amide bonds. The molecule has 11 nitrogen and oxygen atoms in total. The first kappa shape index (κ1) is 28.3. The molecule has 1 saturated carbocycles. The number of carbonyl (C=O) groups is 2. The topological polar surface area (TPSA) is 159 Å². The molecule has 216 valence electrons. The van der Waals surface area contributed by atoms with E-state index in [4.69, 9.17) is 5.73 Å². The number of piperidine rings is 2. The number of sulfone groups is 1. The van der Waals surface area contributed by atoms with Crippen molar-refractivity contribution in [1.29, 1.82) is 0 Å². The van der Waals surface area contributed by atoms with Gasteiger partial charge in [0, 0.05) is 37.0 Å². The molecular weight excluding hydrogens is 530 g/mol. The molecule has 5 rings (SSSR count). The molecule has 3 heterocycles. The van der Waals surface area contributed by atoms with Crippen molar-refractivity contribution in [3.8, 4) is 0 Å². The summed E-state index contributed by atoms with van der Waals surface area (Å²) in [5.74, 6) is 0.278. The first-order chi connectivity index (χ1) is 19.1. The number of nitrogens with one attached hydrogen (secondary N) is 3. The van der Waals surface area contributed by atoms with E-state index in [2.05, 4.69) is 30.8 Å². The van der Waals surface area contributed by atoms with Gasteiger partial charge in [-0.05, 0) is 94.1 Å². The standard InChI is InChI=1S/C28H39N7O4S/c1-40(38,39)22-6-4-20(5-7-22)32-26-24(25(29)36)31-17-23(34-26)35-16-2-3-21(18-35)33-27(37)19-8-10-28(11-9-19)12-14-30-15-13-28/h4-7,17,19,21,30H,2-3,8-16,18H2,1H3,(H2,29,36)(H,32,34)(H,33,37)/t21-/m1/s1. The van der Waals surface area contributed by atoms with E-state index >= 15 is 0 Å². The molecule has 5 N–H and O–H groups in total. The van der Waals surface area contributed by atoms with E-state index in [0.717, 1.165) is 64.4 Å². The van der Waals surface area contributed by atoms with Gasteiger partial charge in [0.2, 0.25) is 5.91 Å². The van der Waals surface area contributed by atoms with Gasteiger partial charge in [0.15, 0.2) is 21.3 Å². The molecule has 1 spiro atoms. The molecule has 0 bridgehead atoms. The number of hydrogen-bond acceptors (Lipinski definition) is 9. The second-order valence-corrected chi connectivity index (χ2v) is 13.5. The molecule has 40 heavy (non-hydrogen) atoms. The molecule has 0 unspecified atom stereocenters. The van der Waals surface area contributed by atoms with E-state index in [9.17, 15) is 18.0 Å². The fourth-order valence-corrected chi connectivity index (χ4v) is 6.92. The molecule has 12 heteroatoms. The SMILES string of the molecule is CS(=O)(=O)c1ccc(Nc2nc(N3CCC[C@@H](NC(=O)C4CCC5(CCNCC5)CC4)C3)cnc2C(N)=O)cc1. The molecule has 1 aromatic carbocycles. The first-order valence-corrected chi connectivity index (χ1v) is 16.0. The number of carbonyl (C=O) groups excluding carboxylic acids is 2. The van der Waals surface area contributed by atoms with E-state index < -0.39 is 15.7 Å². The lowest BCUT2D eigenvalue weighted by Gasteiger charge is -2.43. The molecule has 1 aliphatic carbocycles. The molecule has 3 aliphatic rings.